The van der Waals surface area contributed by atoms with Crippen LogP contribution in [0.2, 0.25) is 0 Å². The summed E-state index contributed by atoms with van der Waals surface area (Å²) in [7, 11) is 0. The van der Waals surface area contributed by atoms with Crippen molar-refractivity contribution in [3.63, 3.8) is 0 Å². The van der Waals surface area contributed by atoms with Gasteiger partial charge in [0.25, 0.3) is 5.91 Å². The van der Waals surface area contributed by atoms with Gasteiger partial charge in [-0.2, -0.15) is 0 Å². The second kappa shape index (κ2) is 6.74. The number of piperidine rings is 1. The number of amides is 1. The Morgan fingerprint density at radius 1 is 1.11 bits per heavy atom. The SMILES string of the molecule is Cc1ccc(CC2(O)CCN(C(=O)c3cc4ccc(O)cc4[nH]3)CC2)cc1. The van der Waals surface area contributed by atoms with Gasteiger partial charge in [-0.25, -0.2) is 0 Å². The third-order valence-electron chi connectivity index (χ3n) is 5.47. The van der Waals surface area contributed by atoms with E-state index < -0.39 is 5.60 Å². The molecular formula is C22H24N2O3. The molecule has 0 radical (unpaired) electrons. The summed E-state index contributed by atoms with van der Waals surface area (Å²) in [5.41, 5.74) is 2.82. The van der Waals surface area contributed by atoms with E-state index in [2.05, 4.69) is 29.2 Å². The average Bonchev–Trinajstić information content (AvgIpc) is 3.07. The molecule has 4 rings (SSSR count). The minimum Gasteiger partial charge on any atom is -0.508 e. The summed E-state index contributed by atoms with van der Waals surface area (Å²) in [6.07, 6.45) is 1.74. The third-order valence-corrected chi connectivity index (χ3v) is 5.47. The fourth-order valence-electron chi connectivity index (χ4n) is 3.79. The monoisotopic (exact) mass is 364 g/mol. The minimum atomic E-state index is -0.766. The molecule has 1 amide bonds. The average molecular weight is 364 g/mol. The number of phenols is 1. The topological polar surface area (TPSA) is 76.6 Å². The number of hydrogen-bond donors (Lipinski definition) is 3. The third kappa shape index (κ3) is 3.69. The van der Waals surface area contributed by atoms with Gasteiger partial charge in [0.2, 0.25) is 0 Å². The van der Waals surface area contributed by atoms with Crippen LogP contribution in [0, 0.1) is 6.92 Å². The van der Waals surface area contributed by atoms with Gasteiger partial charge in [-0.15, -0.1) is 0 Å². The van der Waals surface area contributed by atoms with Crippen molar-refractivity contribution in [3.8, 4) is 5.75 Å². The van der Waals surface area contributed by atoms with Crippen LogP contribution in [0.3, 0.4) is 0 Å². The number of aryl methyl sites for hydroxylation is 1. The Bertz CT molecular complexity index is 967. The lowest BCUT2D eigenvalue weighted by molar-refractivity contribution is -0.0163. The van der Waals surface area contributed by atoms with E-state index in [-0.39, 0.29) is 11.7 Å². The number of aliphatic hydroxyl groups is 1. The largest absolute Gasteiger partial charge is 0.508 e. The van der Waals surface area contributed by atoms with Crippen molar-refractivity contribution in [2.24, 2.45) is 0 Å². The maximum absolute atomic E-state index is 12.8. The zero-order chi connectivity index (χ0) is 19.0. The molecule has 0 aliphatic carbocycles. The van der Waals surface area contributed by atoms with E-state index in [9.17, 15) is 15.0 Å². The Hall–Kier alpha value is -2.79. The molecule has 0 bridgehead atoms. The van der Waals surface area contributed by atoms with Crippen LogP contribution in [-0.2, 0) is 6.42 Å². The molecule has 0 atom stereocenters. The standard InChI is InChI=1S/C22H24N2O3/c1-15-2-4-16(5-3-15)14-22(27)8-10-24(11-9-22)21(26)20-12-17-6-7-18(25)13-19(17)23-20/h2-7,12-13,23,25,27H,8-11,14H2,1H3. The van der Waals surface area contributed by atoms with Gasteiger partial charge in [0.15, 0.2) is 0 Å². The number of aromatic nitrogens is 1. The van der Waals surface area contributed by atoms with E-state index in [0.29, 0.717) is 38.0 Å². The van der Waals surface area contributed by atoms with Gasteiger partial charge in [-0.05, 0) is 43.5 Å². The number of likely N-dealkylation sites (tertiary alicyclic amines) is 1. The molecule has 1 saturated heterocycles. The molecule has 3 N–H and O–H groups in total. The van der Waals surface area contributed by atoms with Crippen molar-refractivity contribution in [2.45, 2.75) is 31.8 Å². The van der Waals surface area contributed by atoms with Gasteiger partial charge >= 0.3 is 0 Å². The molecule has 1 fully saturated rings. The number of nitrogens with zero attached hydrogens (tertiary/aromatic N) is 1. The number of aromatic amines is 1. The van der Waals surface area contributed by atoms with Crippen LogP contribution < -0.4 is 0 Å². The summed E-state index contributed by atoms with van der Waals surface area (Å²) in [5, 5.41) is 21.4. The molecule has 5 heteroatoms. The number of phenolic OH excluding ortho intramolecular Hbond substituents is 1. The van der Waals surface area contributed by atoms with Crippen LogP contribution in [0.5, 0.6) is 5.75 Å². The van der Waals surface area contributed by atoms with Crippen LogP contribution >= 0.6 is 0 Å². The van der Waals surface area contributed by atoms with Gasteiger partial charge in [-0.1, -0.05) is 29.8 Å². The summed E-state index contributed by atoms with van der Waals surface area (Å²) < 4.78 is 0. The van der Waals surface area contributed by atoms with Crippen molar-refractivity contribution < 1.29 is 15.0 Å². The highest BCUT2D eigenvalue weighted by Gasteiger charge is 2.34. The molecule has 0 saturated carbocycles. The first kappa shape index (κ1) is 17.6. The van der Waals surface area contributed by atoms with Crippen LogP contribution in [-0.4, -0.2) is 44.7 Å². The first-order chi connectivity index (χ1) is 12.9. The molecule has 27 heavy (non-hydrogen) atoms. The summed E-state index contributed by atoms with van der Waals surface area (Å²) in [6.45, 7) is 3.11. The number of benzene rings is 2. The van der Waals surface area contributed by atoms with Gasteiger partial charge in [0, 0.05) is 36.5 Å². The fourth-order valence-corrected chi connectivity index (χ4v) is 3.79. The summed E-state index contributed by atoms with van der Waals surface area (Å²) >= 11 is 0. The zero-order valence-electron chi connectivity index (χ0n) is 15.4. The predicted molar refractivity (Wildman–Crippen MR) is 105 cm³/mol. The molecule has 1 aliphatic heterocycles. The Kier molecular flexibility index (Phi) is 4.40. The Balaban J connectivity index is 1.43. The van der Waals surface area contributed by atoms with Crippen LogP contribution in [0.25, 0.3) is 10.9 Å². The highest BCUT2D eigenvalue weighted by molar-refractivity contribution is 5.98. The molecular weight excluding hydrogens is 340 g/mol. The molecule has 2 heterocycles. The number of aromatic hydroxyl groups is 1. The number of nitrogens with one attached hydrogen (secondary N) is 1. The molecule has 140 valence electrons. The van der Waals surface area contributed by atoms with Crippen molar-refractivity contribution in [3.05, 3.63) is 65.4 Å². The Morgan fingerprint density at radius 3 is 2.52 bits per heavy atom. The van der Waals surface area contributed by atoms with E-state index >= 15 is 0 Å². The molecule has 0 spiro atoms. The van der Waals surface area contributed by atoms with Gasteiger partial charge in [0.05, 0.1) is 5.60 Å². The van der Waals surface area contributed by atoms with E-state index in [4.69, 9.17) is 0 Å². The van der Waals surface area contributed by atoms with E-state index in [0.717, 1.165) is 16.5 Å². The lowest BCUT2D eigenvalue weighted by Crippen LogP contribution is -2.47. The van der Waals surface area contributed by atoms with Crippen molar-refractivity contribution in [1.29, 1.82) is 0 Å². The summed E-state index contributed by atoms with van der Waals surface area (Å²) in [4.78, 5) is 17.7. The second-order valence-corrected chi connectivity index (χ2v) is 7.63. The van der Waals surface area contributed by atoms with Crippen LogP contribution in [0.15, 0.2) is 48.5 Å². The highest BCUT2D eigenvalue weighted by atomic mass is 16.3. The zero-order valence-corrected chi connectivity index (χ0v) is 15.4. The second-order valence-electron chi connectivity index (χ2n) is 7.63. The van der Waals surface area contributed by atoms with Gasteiger partial charge in [0.1, 0.15) is 11.4 Å². The van der Waals surface area contributed by atoms with Gasteiger partial charge in [-0.3, -0.25) is 4.79 Å². The molecule has 2 aromatic carbocycles. The van der Waals surface area contributed by atoms with Crippen molar-refractivity contribution >= 4 is 16.8 Å². The maximum atomic E-state index is 12.8. The highest BCUT2D eigenvalue weighted by Crippen LogP contribution is 2.28. The first-order valence-corrected chi connectivity index (χ1v) is 9.31. The number of rotatable bonds is 3. The molecule has 1 aliphatic rings. The lowest BCUT2D eigenvalue weighted by Gasteiger charge is -2.38. The number of carbonyl (C=O) groups is 1. The number of carbonyl (C=O) groups excluding carboxylic acids is 1. The molecule has 0 unspecified atom stereocenters. The Labute approximate surface area is 158 Å². The first-order valence-electron chi connectivity index (χ1n) is 9.31. The predicted octanol–water partition coefficient (Wildman–Crippen LogP) is 3.39. The molecule has 3 aromatic rings. The smallest absolute Gasteiger partial charge is 0.270 e. The van der Waals surface area contributed by atoms with Crippen molar-refractivity contribution in [1.82, 2.24) is 9.88 Å². The maximum Gasteiger partial charge on any atom is 0.270 e. The fraction of sp³-hybridized carbons (Fsp3) is 0.318. The number of hydrogen-bond acceptors (Lipinski definition) is 3. The lowest BCUT2D eigenvalue weighted by atomic mass is 9.85. The normalized spacial score (nSPS) is 16.6. The molecule has 1 aromatic heterocycles. The van der Waals surface area contributed by atoms with Crippen LogP contribution in [0.1, 0.15) is 34.5 Å². The van der Waals surface area contributed by atoms with Crippen molar-refractivity contribution in [2.75, 3.05) is 13.1 Å². The summed E-state index contributed by atoms with van der Waals surface area (Å²) in [5.74, 6) is 0.102. The molecule has 5 nitrogen and oxygen atoms in total. The van der Waals surface area contributed by atoms with Gasteiger partial charge < -0.3 is 20.1 Å². The summed E-state index contributed by atoms with van der Waals surface area (Å²) in [6, 6.07) is 15.1. The Morgan fingerprint density at radius 2 is 1.81 bits per heavy atom. The minimum absolute atomic E-state index is 0.0666. The van der Waals surface area contributed by atoms with Crippen LogP contribution in [0.4, 0.5) is 0 Å². The number of H-pyrrole nitrogens is 1. The quantitative estimate of drug-likeness (QED) is 0.667. The van der Waals surface area contributed by atoms with E-state index in [1.54, 1.807) is 23.1 Å². The van der Waals surface area contributed by atoms with E-state index in [1.807, 2.05) is 13.0 Å². The number of fused-ring (bicyclic) bond motifs is 1. The van der Waals surface area contributed by atoms with E-state index in [1.165, 1.54) is 5.56 Å².